The quantitative estimate of drug-likeness (QED) is 0.707. The van der Waals surface area contributed by atoms with Crippen LogP contribution in [0.15, 0.2) is 31.0 Å². The summed E-state index contributed by atoms with van der Waals surface area (Å²) in [4.78, 5) is 12.4. The third-order valence-electron chi connectivity index (χ3n) is 2.88. The van der Waals surface area contributed by atoms with Gasteiger partial charge < -0.3 is 0 Å². The van der Waals surface area contributed by atoms with Crippen LogP contribution in [0.2, 0.25) is 0 Å². The summed E-state index contributed by atoms with van der Waals surface area (Å²) in [7, 11) is 0. The molecule has 3 aromatic heterocycles. The molecule has 19 heavy (non-hydrogen) atoms. The molecular formula is C13H12FN5. The van der Waals surface area contributed by atoms with Crippen molar-refractivity contribution in [1.29, 1.82) is 0 Å². The maximum atomic E-state index is 13.2. The van der Waals surface area contributed by atoms with E-state index < -0.39 is 5.82 Å². The van der Waals surface area contributed by atoms with Crippen LogP contribution in [0.25, 0.3) is 17.0 Å². The van der Waals surface area contributed by atoms with E-state index in [1.54, 1.807) is 23.2 Å². The Morgan fingerprint density at radius 2 is 2.05 bits per heavy atom. The summed E-state index contributed by atoms with van der Waals surface area (Å²) in [6.45, 7) is 4.14. The molecule has 0 bridgehead atoms. The molecular weight excluding hydrogens is 245 g/mol. The van der Waals surface area contributed by atoms with Gasteiger partial charge in [-0.25, -0.2) is 18.9 Å². The van der Waals surface area contributed by atoms with Gasteiger partial charge in [0.15, 0.2) is 11.5 Å². The molecule has 0 aromatic carbocycles. The fourth-order valence-corrected chi connectivity index (χ4v) is 1.89. The Labute approximate surface area is 109 Å². The first-order chi connectivity index (χ1) is 9.15. The zero-order chi connectivity index (χ0) is 13.4. The second kappa shape index (κ2) is 4.38. The lowest BCUT2D eigenvalue weighted by molar-refractivity contribution is 0.622. The fourth-order valence-electron chi connectivity index (χ4n) is 1.89. The Hall–Kier alpha value is -2.37. The van der Waals surface area contributed by atoms with E-state index in [1.165, 1.54) is 6.07 Å². The number of rotatable bonds is 2. The monoisotopic (exact) mass is 257 g/mol. The second-order valence-corrected chi connectivity index (χ2v) is 4.59. The molecule has 0 fully saturated rings. The van der Waals surface area contributed by atoms with Gasteiger partial charge in [-0.15, -0.1) is 0 Å². The zero-order valence-corrected chi connectivity index (χ0v) is 10.6. The molecule has 0 atom stereocenters. The molecule has 0 aliphatic rings. The van der Waals surface area contributed by atoms with E-state index in [-0.39, 0.29) is 0 Å². The minimum Gasteiger partial charge on any atom is -0.261 e. The standard InChI is InChI=1S/C13H12FN5/c1-8(2)11-6-17-19-7-16-12(18-13(11)19)9-3-10(14)5-15-4-9/h3-8H,1-2H3. The van der Waals surface area contributed by atoms with Gasteiger partial charge in [0.25, 0.3) is 0 Å². The Balaban J connectivity index is 2.18. The van der Waals surface area contributed by atoms with Gasteiger partial charge in [0.05, 0.1) is 12.4 Å². The summed E-state index contributed by atoms with van der Waals surface area (Å²) in [6, 6.07) is 1.37. The van der Waals surface area contributed by atoms with Crippen LogP contribution in [0.1, 0.15) is 25.3 Å². The highest BCUT2D eigenvalue weighted by Gasteiger charge is 2.11. The van der Waals surface area contributed by atoms with Crippen LogP contribution in [0, 0.1) is 5.82 Å². The highest BCUT2D eigenvalue weighted by molar-refractivity contribution is 5.58. The van der Waals surface area contributed by atoms with Crippen molar-refractivity contribution in [3.63, 3.8) is 0 Å². The van der Waals surface area contributed by atoms with Gasteiger partial charge in [-0.3, -0.25) is 4.98 Å². The molecule has 0 aliphatic carbocycles. The molecule has 3 heterocycles. The number of halogens is 1. The highest BCUT2D eigenvalue weighted by atomic mass is 19.1. The lowest BCUT2D eigenvalue weighted by Crippen LogP contribution is -1.98. The van der Waals surface area contributed by atoms with Crippen molar-refractivity contribution in [2.24, 2.45) is 0 Å². The smallest absolute Gasteiger partial charge is 0.165 e. The number of nitrogens with zero attached hydrogens (tertiary/aromatic N) is 5. The molecule has 0 saturated heterocycles. The van der Waals surface area contributed by atoms with Gasteiger partial charge in [0.1, 0.15) is 12.1 Å². The zero-order valence-electron chi connectivity index (χ0n) is 10.6. The van der Waals surface area contributed by atoms with Gasteiger partial charge >= 0.3 is 0 Å². The van der Waals surface area contributed by atoms with Gasteiger partial charge in [0, 0.05) is 17.3 Å². The van der Waals surface area contributed by atoms with E-state index in [2.05, 4.69) is 33.9 Å². The first-order valence-electron chi connectivity index (χ1n) is 5.96. The van der Waals surface area contributed by atoms with E-state index in [9.17, 15) is 4.39 Å². The van der Waals surface area contributed by atoms with E-state index >= 15 is 0 Å². The molecule has 6 heteroatoms. The number of hydrogen-bond acceptors (Lipinski definition) is 4. The number of hydrogen-bond donors (Lipinski definition) is 0. The van der Waals surface area contributed by atoms with Crippen LogP contribution in [0.4, 0.5) is 4.39 Å². The second-order valence-electron chi connectivity index (χ2n) is 4.59. The van der Waals surface area contributed by atoms with Crippen molar-refractivity contribution in [2.45, 2.75) is 19.8 Å². The van der Waals surface area contributed by atoms with Crippen molar-refractivity contribution in [1.82, 2.24) is 24.6 Å². The van der Waals surface area contributed by atoms with Crippen molar-refractivity contribution in [3.8, 4) is 11.4 Å². The van der Waals surface area contributed by atoms with Crippen LogP contribution < -0.4 is 0 Å². The fraction of sp³-hybridized carbons (Fsp3) is 0.231. The maximum Gasteiger partial charge on any atom is 0.165 e. The Bertz CT molecular complexity index is 735. The maximum absolute atomic E-state index is 13.2. The number of fused-ring (bicyclic) bond motifs is 1. The third-order valence-corrected chi connectivity index (χ3v) is 2.88. The van der Waals surface area contributed by atoms with E-state index in [1.807, 2.05) is 0 Å². The summed E-state index contributed by atoms with van der Waals surface area (Å²) >= 11 is 0. The predicted octanol–water partition coefficient (Wildman–Crippen LogP) is 2.45. The first kappa shape index (κ1) is 11.7. The Morgan fingerprint density at radius 3 is 2.79 bits per heavy atom. The van der Waals surface area contributed by atoms with Gasteiger partial charge in [-0.2, -0.15) is 5.10 Å². The van der Waals surface area contributed by atoms with Crippen LogP contribution in [-0.2, 0) is 0 Å². The van der Waals surface area contributed by atoms with Gasteiger partial charge in [-0.1, -0.05) is 13.8 Å². The molecule has 96 valence electrons. The number of pyridine rings is 1. The molecule has 3 aromatic rings. The summed E-state index contributed by atoms with van der Waals surface area (Å²) < 4.78 is 14.8. The molecule has 0 unspecified atom stereocenters. The van der Waals surface area contributed by atoms with Crippen molar-refractivity contribution in [2.75, 3.05) is 0 Å². The lowest BCUT2D eigenvalue weighted by Gasteiger charge is -2.03. The summed E-state index contributed by atoms with van der Waals surface area (Å²) in [5.74, 6) is 0.353. The summed E-state index contributed by atoms with van der Waals surface area (Å²) in [5, 5.41) is 4.19. The molecule has 0 spiro atoms. The molecule has 3 rings (SSSR count). The van der Waals surface area contributed by atoms with E-state index in [4.69, 9.17) is 0 Å². The normalized spacial score (nSPS) is 11.4. The molecule has 0 radical (unpaired) electrons. The largest absolute Gasteiger partial charge is 0.261 e. The van der Waals surface area contributed by atoms with Crippen molar-refractivity contribution >= 4 is 5.65 Å². The average molecular weight is 257 g/mol. The molecule has 0 saturated carbocycles. The average Bonchev–Trinajstić information content (AvgIpc) is 2.81. The van der Waals surface area contributed by atoms with Crippen LogP contribution >= 0.6 is 0 Å². The van der Waals surface area contributed by atoms with E-state index in [0.717, 1.165) is 17.4 Å². The van der Waals surface area contributed by atoms with Crippen LogP contribution in [-0.4, -0.2) is 24.6 Å². The van der Waals surface area contributed by atoms with Crippen LogP contribution in [0.5, 0.6) is 0 Å². The Kier molecular flexibility index (Phi) is 2.70. The lowest BCUT2D eigenvalue weighted by atomic mass is 10.1. The number of aromatic nitrogens is 5. The Morgan fingerprint density at radius 1 is 1.21 bits per heavy atom. The molecule has 0 N–H and O–H groups in total. The minimum absolute atomic E-state index is 0.311. The molecule has 5 nitrogen and oxygen atoms in total. The van der Waals surface area contributed by atoms with Crippen molar-refractivity contribution in [3.05, 3.63) is 42.4 Å². The molecule has 0 amide bonds. The van der Waals surface area contributed by atoms with Gasteiger partial charge in [0.2, 0.25) is 0 Å². The van der Waals surface area contributed by atoms with E-state index in [0.29, 0.717) is 17.3 Å². The summed E-state index contributed by atoms with van der Waals surface area (Å²) in [5.41, 5.74) is 2.33. The minimum atomic E-state index is -0.404. The molecule has 0 aliphatic heterocycles. The topological polar surface area (TPSA) is 56.0 Å². The SMILES string of the molecule is CC(C)c1cnn2cnc(-c3cncc(F)c3)nc12. The highest BCUT2D eigenvalue weighted by Crippen LogP contribution is 2.21. The summed E-state index contributed by atoms with van der Waals surface area (Å²) in [6.07, 6.45) is 6.05. The predicted molar refractivity (Wildman–Crippen MR) is 68.1 cm³/mol. The van der Waals surface area contributed by atoms with Gasteiger partial charge in [-0.05, 0) is 12.0 Å². The van der Waals surface area contributed by atoms with Crippen molar-refractivity contribution < 1.29 is 4.39 Å². The first-order valence-corrected chi connectivity index (χ1v) is 5.96. The van der Waals surface area contributed by atoms with Crippen LogP contribution in [0.3, 0.4) is 0 Å². The third kappa shape index (κ3) is 2.05.